The number of nitrogens with zero attached hydrogens (tertiary/aromatic N) is 2. The number of aromatic nitrogens is 1. The number of halogens is 3. The van der Waals surface area contributed by atoms with Crippen molar-refractivity contribution >= 4 is 17.4 Å². The monoisotopic (exact) mass is 436 g/mol. The summed E-state index contributed by atoms with van der Waals surface area (Å²) >= 11 is 0. The molecule has 3 rings (SSSR count). The van der Waals surface area contributed by atoms with Gasteiger partial charge in [-0.1, -0.05) is 19.1 Å². The lowest BCUT2D eigenvalue weighted by atomic mass is 9.96. The zero-order valence-corrected chi connectivity index (χ0v) is 17.0. The molecule has 9 heteroatoms. The van der Waals surface area contributed by atoms with E-state index in [-0.39, 0.29) is 42.8 Å². The Balaban J connectivity index is 1.51. The number of ether oxygens (including phenoxy) is 2. The molecule has 31 heavy (non-hydrogen) atoms. The first kappa shape index (κ1) is 22.7. The highest BCUT2D eigenvalue weighted by molar-refractivity contribution is 5.94. The van der Waals surface area contributed by atoms with Gasteiger partial charge in [0.05, 0.1) is 12.8 Å². The van der Waals surface area contributed by atoms with Crippen LogP contribution in [0.4, 0.5) is 18.9 Å². The topological polar surface area (TPSA) is 68.7 Å². The Hall–Kier alpha value is -2.94. The zero-order chi connectivity index (χ0) is 22.4. The fourth-order valence-electron chi connectivity index (χ4n) is 3.26. The highest BCUT2D eigenvalue weighted by atomic mass is 19.4. The van der Waals surface area contributed by atoms with E-state index in [0.29, 0.717) is 18.8 Å². The van der Waals surface area contributed by atoms with Crippen LogP contribution in [0.1, 0.15) is 30.5 Å². The van der Waals surface area contributed by atoms with Crippen LogP contribution in [0.25, 0.3) is 0 Å². The van der Waals surface area contributed by atoms with Crippen LogP contribution in [-0.4, -0.2) is 49.2 Å². The fraction of sp³-hybridized carbons (Fsp3) is 0.409. The molecule has 0 radical (unpaired) electrons. The highest BCUT2D eigenvalue weighted by Crippen LogP contribution is 2.23. The van der Waals surface area contributed by atoms with Crippen LogP contribution in [0.15, 0.2) is 42.6 Å². The lowest BCUT2D eigenvalue weighted by Gasteiger charge is -2.26. The second kappa shape index (κ2) is 9.91. The SMILES string of the molecule is C[C@@H](CC(=O)Cc1ccc(N2CCOCC2=O)cc1)c1ccc(OCC(F)(F)F)cn1. The lowest BCUT2D eigenvalue weighted by molar-refractivity contribution is -0.153. The molecular formula is C22H23F3N2O4. The van der Waals surface area contributed by atoms with E-state index in [1.54, 1.807) is 11.0 Å². The van der Waals surface area contributed by atoms with E-state index in [1.165, 1.54) is 12.3 Å². The molecule has 2 aromatic rings. The largest absolute Gasteiger partial charge is 0.483 e. The highest BCUT2D eigenvalue weighted by Gasteiger charge is 2.28. The lowest BCUT2D eigenvalue weighted by Crippen LogP contribution is -2.41. The fourth-order valence-corrected chi connectivity index (χ4v) is 3.26. The quantitative estimate of drug-likeness (QED) is 0.631. The molecule has 1 aliphatic heterocycles. The molecule has 0 spiro atoms. The number of Topliss-reactive ketones (excluding diaryl/α,β-unsaturated/α-hetero) is 1. The van der Waals surface area contributed by atoms with Crippen molar-refractivity contribution in [2.75, 3.05) is 31.3 Å². The van der Waals surface area contributed by atoms with Crippen molar-refractivity contribution in [3.8, 4) is 5.75 Å². The Kier molecular flexibility index (Phi) is 7.27. The van der Waals surface area contributed by atoms with Crippen LogP contribution < -0.4 is 9.64 Å². The van der Waals surface area contributed by atoms with Gasteiger partial charge in [-0.05, 0) is 29.8 Å². The summed E-state index contributed by atoms with van der Waals surface area (Å²) in [6.07, 6.45) is -2.68. The molecule has 1 saturated heterocycles. The molecule has 1 amide bonds. The molecule has 166 valence electrons. The smallest absolute Gasteiger partial charge is 0.422 e. The minimum absolute atomic E-state index is 0.0156. The summed E-state index contributed by atoms with van der Waals surface area (Å²) in [7, 11) is 0. The molecule has 1 aliphatic rings. The van der Waals surface area contributed by atoms with E-state index >= 15 is 0 Å². The van der Waals surface area contributed by atoms with Crippen LogP contribution >= 0.6 is 0 Å². The zero-order valence-electron chi connectivity index (χ0n) is 17.0. The minimum Gasteiger partial charge on any atom is -0.483 e. The van der Waals surface area contributed by atoms with E-state index in [4.69, 9.17) is 4.74 Å². The normalized spacial score (nSPS) is 15.6. The molecule has 0 N–H and O–H groups in total. The number of alkyl halides is 3. The molecule has 2 heterocycles. The number of carbonyl (C=O) groups excluding carboxylic acids is 2. The third-order valence-corrected chi connectivity index (χ3v) is 4.84. The number of anilines is 1. The standard InChI is InChI=1S/C22H23F3N2O4/c1-15(20-7-6-19(12-26-20)31-14-22(23,24)25)10-18(28)11-16-2-4-17(5-3-16)27-8-9-30-13-21(27)29/h2-7,12,15H,8-11,13-14H2,1H3/t15-/m0/s1. The molecule has 1 atom stereocenters. The molecule has 0 unspecified atom stereocenters. The van der Waals surface area contributed by atoms with Gasteiger partial charge in [-0.25, -0.2) is 0 Å². The van der Waals surface area contributed by atoms with Crippen molar-refractivity contribution in [3.63, 3.8) is 0 Å². The summed E-state index contributed by atoms with van der Waals surface area (Å²) in [6, 6.07) is 10.3. The van der Waals surface area contributed by atoms with Gasteiger partial charge in [0.15, 0.2) is 6.61 Å². The van der Waals surface area contributed by atoms with E-state index in [0.717, 1.165) is 11.3 Å². The second-order valence-corrected chi connectivity index (χ2v) is 7.41. The first-order chi connectivity index (χ1) is 14.7. The van der Waals surface area contributed by atoms with E-state index in [1.807, 2.05) is 31.2 Å². The third-order valence-electron chi connectivity index (χ3n) is 4.84. The number of amides is 1. The molecule has 0 bridgehead atoms. The number of pyridine rings is 1. The molecule has 1 fully saturated rings. The van der Waals surface area contributed by atoms with Gasteiger partial charge in [0.2, 0.25) is 0 Å². The van der Waals surface area contributed by atoms with E-state index < -0.39 is 12.8 Å². The molecule has 1 aromatic heterocycles. The van der Waals surface area contributed by atoms with E-state index in [2.05, 4.69) is 9.72 Å². The van der Waals surface area contributed by atoms with Crippen LogP contribution in [0.2, 0.25) is 0 Å². The number of morpholine rings is 1. The third kappa shape index (κ3) is 6.78. The van der Waals surface area contributed by atoms with Crippen molar-refractivity contribution < 1.29 is 32.2 Å². The number of carbonyl (C=O) groups is 2. The Morgan fingerprint density at radius 2 is 1.97 bits per heavy atom. The maximum absolute atomic E-state index is 12.5. The first-order valence-corrected chi connectivity index (χ1v) is 9.85. The Morgan fingerprint density at radius 3 is 2.58 bits per heavy atom. The van der Waals surface area contributed by atoms with Crippen LogP contribution in [0.3, 0.4) is 0 Å². The summed E-state index contributed by atoms with van der Waals surface area (Å²) in [5, 5.41) is 0. The number of hydrogen-bond acceptors (Lipinski definition) is 5. The van der Waals surface area contributed by atoms with Gasteiger partial charge in [-0.2, -0.15) is 13.2 Å². The summed E-state index contributed by atoms with van der Waals surface area (Å²) < 4.78 is 46.4. The molecule has 0 aliphatic carbocycles. The predicted octanol–water partition coefficient (Wildman–Crippen LogP) is 3.69. The summed E-state index contributed by atoms with van der Waals surface area (Å²) in [4.78, 5) is 30.1. The van der Waals surface area contributed by atoms with E-state index in [9.17, 15) is 22.8 Å². The van der Waals surface area contributed by atoms with Gasteiger partial charge in [-0.15, -0.1) is 0 Å². The summed E-state index contributed by atoms with van der Waals surface area (Å²) in [6.45, 7) is 1.53. The minimum atomic E-state index is -4.41. The van der Waals surface area contributed by atoms with Gasteiger partial charge >= 0.3 is 6.18 Å². The molecule has 1 aromatic carbocycles. The average molecular weight is 436 g/mol. The Bertz CT molecular complexity index is 898. The molecule has 6 nitrogen and oxygen atoms in total. The predicted molar refractivity (Wildman–Crippen MR) is 107 cm³/mol. The van der Waals surface area contributed by atoms with Crippen molar-refractivity contribution in [1.29, 1.82) is 0 Å². The number of benzene rings is 1. The molecular weight excluding hydrogens is 413 g/mol. The maximum Gasteiger partial charge on any atom is 0.422 e. The van der Waals surface area contributed by atoms with Gasteiger partial charge in [0.1, 0.15) is 18.1 Å². The van der Waals surface area contributed by atoms with Crippen molar-refractivity contribution in [1.82, 2.24) is 4.98 Å². The number of rotatable bonds is 8. The van der Waals surface area contributed by atoms with Crippen LogP contribution in [-0.2, 0) is 20.7 Å². The van der Waals surface area contributed by atoms with Crippen molar-refractivity contribution in [2.24, 2.45) is 0 Å². The maximum atomic E-state index is 12.5. The first-order valence-electron chi connectivity index (χ1n) is 9.85. The second-order valence-electron chi connectivity index (χ2n) is 7.41. The van der Waals surface area contributed by atoms with Crippen molar-refractivity contribution in [3.05, 3.63) is 53.9 Å². The Morgan fingerprint density at radius 1 is 1.23 bits per heavy atom. The van der Waals surface area contributed by atoms with Crippen LogP contribution in [0.5, 0.6) is 5.75 Å². The van der Waals surface area contributed by atoms with Gasteiger partial charge in [-0.3, -0.25) is 14.6 Å². The summed E-state index contributed by atoms with van der Waals surface area (Å²) in [5.41, 5.74) is 2.22. The van der Waals surface area contributed by atoms with Gasteiger partial charge < -0.3 is 14.4 Å². The average Bonchev–Trinajstić information content (AvgIpc) is 2.73. The van der Waals surface area contributed by atoms with Gasteiger partial charge in [0.25, 0.3) is 5.91 Å². The summed E-state index contributed by atoms with van der Waals surface area (Å²) in [5.74, 6) is -0.235. The number of ketones is 1. The number of hydrogen-bond donors (Lipinski definition) is 0. The van der Waals surface area contributed by atoms with Gasteiger partial charge in [0, 0.05) is 36.7 Å². The van der Waals surface area contributed by atoms with Crippen LogP contribution in [0, 0.1) is 0 Å². The Labute approximate surface area is 178 Å². The van der Waals surface area contributed by atoms with Crippen molar-refractivity contribution in [2.45, 2.75) is 31.9 Å². The molecule has 0 saturated carbocycles.